The van der Waals surface area contributed by atoms with Crippen molar-refractivity contribution in [2.75, 3.05) is 19.0 Å². The van der Waals surface area contributed by atoms with Crippen LogP contribution in [-0.2, 0) is 0 Å². The fraction of sp³-hybridized carbons (Fsp3) is 0.167. The average molecular weight is 231 g/mol. The molecule has 0 aliphatic heterocycles. The Balaban J connectivity index is 2.25. The molecule has 88 valence electrons. The third kappa shape index (κ3) is 2.28. The summed E-state index contributed by atoms with van der Waals surface area (Å²) in [4.78, 5) is 12.8. The molecule has 0 aliphatic rings. The lowest BCUT2D eigenvalue weighted by Crippen LogP contribution is -2.34. The van der Waals surface area contributed by atoms with E-state index in [-0.39, 0.29) is 6.03 Å². The van der Waals surface area contributed by atoms with Gasteiger partial charge in [0, 0.05) is 25.7 Å². The first-order chi connectivity index (χ1) is 8.22. The number of urea groups is 1. The molecule has 0 radical (unpaired) electrons. The van der Waals surface area contributed by atoms with Crippen molar-refractivity contribution in [1.82, 2.24) is 10.5 Å². The maximum atomic E-state index is 11.4. The van der Waals surface area contributed by atoms with Crippen molar-refractivity contribution in [2.24, 2.45) is 0 Å². The maximum absolute atomic E-state index is 11.4. The summed E-state index contributed by atoms with van der Waals surface area (Å²) in [7, 11) is 3.20. The second kappa shape index (κ2) is 4.69. The van der Waals surface area contributed by atoms with E-state index < -0.39 is 0 Å². The van der Waals surface area contributed by atoms with Crippen LogP contribution in [0.15, 0.2) is 40.9 Å². The first kappa shape index (κ1) is 11.2. The van der Waals surface area contributed by atoms with Gasteiger partial charge in [0.2, 0.25) is 0 Å². The van der Waals surface area contributed by atoms with Crippen LogP contribution in [0, 0.1) is 0 Å². The van der Waals surface area contributed by atoms with E-state index >= 15 is 0 Å². The average Bonchev–Trinajstić information content (AvgIpc) is 2.87. The van der Waals surface area contributed by atoms with Crippen LogP contribution in [0.2, 0.25) is 0 Å². The summed E-state index contributed by atoms with van der Waals surface area (Å²) in [6, 6.07) is 11.1. The van der Waals surface area contributed by atoms with Gasteiger partial charge in [0.25, 0.3) is 0 Å². The predicted molar refractivity (Wildman–Crippen MR) is 64.8 cm³/mol. The number of rotatable bonds is 2. The second-order valence-electron chi connectivity index (χ2n) is 3.53. The van der Waals surface area contributed by atoms with Crippen LogP contribution < -0.4 is 10.2 Å². The summed E-state index contributed by atoms with van der Waals surface area (Å²) < 4.78 is 5.19. The molecule has 0 fully saturated rings. The van der Waals surface area contributed by atoms with E-state index in [9.17, 15) is 4.79 Å². The Bertz CT molecular complexity index is 507. The van der Waals surface area contributed by atoms with Gasteiger partial charge in [0.15, 0.2) is 11.6 Å². The van der Waals surface area contributed by atoms with Crippen LogP contribution in [0.4, 0.5) is 10.6 Å². The minimum atomic E-state index is -0.238. The smallest absolute Gasteiger partial charge is 0.322 e. The fourth-order valence-electron chi connectivity index (χ4n) is 1.43. The molecule has 1 heterocycles. The lowest BCUT2D eigenvalue weighted by molar-refractivity contribution is 0.249. The van der Waals surface area contributed by atoms with Crippen molar-refractivity contribution in [3.05, 3.63) is 36.4 Å². The molecule has 1 aromatic carbocycles. The van der Waals surface area contributed by atoms with Crippen molar-refractivity contribution in [1.29, 1.82) is 0 Å². The quantitative estimate of drug-likeness (QED) is 0.861. The summed E-state index contributed by atoms with van der Waals surface area (Å²) >= 11 is 0. The number of carbonyl (C=O) groups excluding carboxylic acids is 1. The molecule has 5 nitrogen and oxygen atoms in total. The molecule has 5 heteroatoms. The largest absolute Gasteiger partial charge is 0.354 e. The number of hydrogen-bond donors (Lipinski definition) is 1. The van der Waals surface area contributed by atoms with Gasteiger partial charge in [-0.05, 0) is 0 Å². The van der Waals surface area contributed by atoms with Gasteiger partial charge in [-0.15, -0.1) is 0 Å². The highest BCUT2D eigenvalue weighted by atomic mass is 16.5. The molecule has 1 N–H and O–H groups in total. The van der Waals surface area contributed by atoms with E-state index in [1.54, 1.807) is 20.2 Å². The normalized spacial score (nSPS) is 10.0. The molecule has 1 aromatic heterocycles. The summed E-state index contributed by atoms with van der Waals surface area (Å²) in [5, 5.41) is 6.37. The van der Waals surface area contributed by atoms with Crippen LogP contribution >= 0.6 is 0 Å². The Hall–Kier alpha value is -2.30. The zero-order valence-corrected chi connectivity index (χ0v) is 9.68. The molecule has 0 aliphatic carbocycles. The maximum Gasteiger partial charge on any atom is 0.322 e. The van der Waals surface area contributed by atoms with Gasteiger partial charge in [-0.3, -0.25) is 4.90 Å². The van der Waals surface area contributed by atoms with Gasteiger partial charge in [0.05, 0.1) is 0 Å². The Morgan fingerprint density at radius 1 is 1.35 bits per heavy atom. The fourth-order valence-corrected chi connectivity index (χ4v) is 1.43. The zero-order chi connectivity index (χ0) is 12.3. The first-order valence-electron chi connectivity index (χ1n) is 5.20. The number of anilines is 1. The summed E-state index contributed by atoms with van der Waals surface area (Å²) in [6.45, 7) is 0. The van der Waals surface area contributed by atoms with E-state index in [4.69, 9.17) is 4.52 Å². The Morgan fingerprint density at radius 3 is 2.71 bits per heavy atom. The standard InChI is InChI=1S/C12H13N3O2/c1-13-12(16)15(2)11-8-10(17-14-11)9-6-4-3-5-7-9/h3-8H,1-2H3,(H,13,16). The van der Waals surface area contributed by atoms with Gasteiger partial charge >= 0.3 is 6.03 Å². The molecule has 2 aromatic rings. The van der Waals surface area contributed by atoms with Gasteiger partial charge in [-0.1, -0.05) is 35.5 Å². The van der Waals surface area contributed by atoms with Crippen LogP contribution in [-0.4, -0.2) is 25.3 Å². The Kier molecular flexibility index (Phi) is 3.09. The van der Waals surface area contributed by atoms with Crippen molar-refractivity contribution in [2.45, 2.75) is 0 Å². The highest BCUT2D eigenvalue weighted by Crippen LogP contribution is 2.23. The number of nitrogens with one attached hydrogen (secondary N) is 1. The topological polar surface area (TPSA) is 58.4 Å². The van der Waals surface area contributed by atoms with Crippen molar-refractivity contribution >= 4 is 11.8 Å². The van der Waals surface area contributed by atoms with Crippen LogP contribution in [0.25, 0.3) is 11.3 Å². The lowest BCUT2D eigenvalue weighted by atomic mass is 10.2. The molecular formula is C12H13N3O2. The van der Waals surface area contributed by atoms with Gasteiger partial charge in [0.1, 0.15) is 0 Å². The lowest BCUT2D eigenvalue weighted by Gasteiger charge is -2.11. The summed E-state index contributed by atoms with van der Waals surface area (Å²) in [6.07, 6.45) is 0. The number of aromatic nitrogens is 1. The SMILES string of the molecule is CNC(=O)N(C)c1cc(-c2ccccc2)on1. The molecule has 0 spiro atoms. The number of carbonyl (C=O) groups is 1. The Morgan fingerprint density at radius 2 is 2.06 bits per heavy atom. The minimum Gasteiger partial charge on any atom is -0.354 e. The molecule has 17 heavy (non-hydrogen) atoms. The summed E-state index contributed by atoms with van der Waals surface area (Å²) in [5.41, 5.74) is 0.927. The Labute approximate surface area is 99.0 Å². The third-order valence-corrected chi connectivity index (χ3v) is 2.42. The van der Waals surface area contributed by atoms with Crippen molar-refractivity contribution in [3.63, 3.8) is 0 Å². The molecule has 0 saturated carbocycles. The van der Waals surface area contributed by atoms with E-state index in [0.29, 0.717) is 11.6 Å². The highest BCUT2D eigenvalue weighted by Gasteiger charge is 2.14. The number of amides is 2. The van der Waals surface area contributed by atoms with Gasteiger partial charge in [-0.25, -0.2) is 4.79 Å². The van der Waals surface area contributed by atoms with E-state index in [1.807, 2.05) is 30.3 Å². The molecule has 2 rings (SSSR count). The van der Waals surface area contributed by atoms with Crippen LogP contribution in [0.3, 0.4) is 0 Å². The highest BCUT2D eigenvalue weighted by molar-refractivity contribution is 5.90. The van der Waals surface area contributed by atoms with E-state index in [0.717, 1.165) is 5.56 Å². The third-order valence-electron chi connectivity index (χ3n) is 2.42. The van der Waals surface area contributed by atoms with Crippen molar-refractivity contribution in [3.8, 4) is 11.3 Å². The van der Waals surface area contributed by atoms with Crippen LogP contribution in [0.1, 0.15) is 0 Å². The molecule has 0 unspecified atom stereocenters. The molecule has 0 atom stereocenters. The van der Waals surface area contributed by atoms with E-state index in [2.05, 4.69) is 10.5 Å². The number of hydrogen-bond acceptors (Lipinski definition) is 3. The molecule has 0 bridgehead atoms. The zero-order valence-electron chi connectivity index (χ0n) is 9.68. The minimum absolute atomic E-state index is 0.238. The second-order valence-corrected chi connectivity index (χ2v) is 3.53. The molecule has 0 saturated heterocycles. The van der Waals surface area contributed by atoms with Gasteiger partial charge < -0.3 is 9.84 Å². The molecule has 2 amide bonds. The number of benzene rings is 1. The molecular weight excluding hydrogens is 218 g/mol. The van der Waals surface area contributed by atoms with Crippen LogP contribution in [0.5, 0.6) is 0 Å². The number of nitrogens with zero attached hydrogens (tertiary/aromatic N) is 2. The van der Waals surface area contributed by atoms with Crippen molar-refractivity contribution < 1.29 is 9.32 Å². The van der Waals surface area contributed by atoms with Gasteiger partial charge in [-0.2, -0.15) is 0 Å². The summed E-state index contributed by atoms with van der Waals surface area (Å²) in [5.74, 6) is 1.11. The van der Waals surface area contributed by atoms with E-state index in [1.165, 1.54) is 4.90 Å². The first-order valence-corrected chi connectivity index (χ1v) is 5.20. The monoisotopic (exact) mass is 231 g/mol. The predicted octanol–water partition coefficient (Wildman–Crippen LogP) is 2.12.